The zero-order valence-electron chi connectivity index (χ0n) is 11.1. The minimum Gasteiger partial charge on any atom is -0.398 e. The van der Waals surface area contributed by atoms with E-state index in [1.807, 2.05) is 26.8 Å². The summed E-state index contributed by atoms with van der Waals surface area (Å²) in [5, 5.41) is 0. The maximum absolute atomic E-state index is 12.1. The molecule has 1 unspecified atom stereocenters. The molecule has 0 fully saturated rings. The highest BCUT2D eigenvalue weighted by Crippen LogP contribution is 2.18. The molecule has 5 heteroatoms. The third-order valence-electron chi connectivity index (χ3n) is 2.78. The van der Waals surface area contributed by atoms with Crippen LogP contribution in [-0.4, -0.2) is 33.9 Å². The molecule has 0 saturated heterocycles. The number of nitrogens with zero attached hydrogens (tertiary/aromatic N) is 1. The Morgan fingerprint density at radius 3 is 2.44 bits per heavy atom. The van der Waals surface area contributed by atoms with Crippen molar-refractivity contribution in [2.24, 2.45) is 0 Å². The van der Waals surface area contributed by atoms with Crippen LogP contribution >= 0.6 is 0 Å². The molecule has 0 aliphatic rings. The Labute approximate surface area is 111 Å². The quantitative estimate of drug-likeness (QED) is 0.824. The van der Waals surface area contributed by atoms with Gasteiger partial charge in [-0.1, -0.05) is 6.07 Å². The third kappa shape index (κ3) is 3.57. The van der Waals surface area contributed by atoms with E-state index in [1.165, 1.54) is 0 Å². The second-order valence-electron chi connectivity index (χ2n) is 4.10. The van der Waals surface area contributed by atoms with Gasteiger partial charge in [-0.15, -0.1) is 0 Å². The molecule has 2 N–H and O–H groups in total. The summed E-state index contributed by atoms with van der Waals surface area (Å²) in [5.74, 6) is -0.104. The van der Waals surface area contributed by atoms with Gasteiger partial charge < -0.3 is 10.6 Å². The number of hydrogen-bond acceptors (Lipinski definition) is 3. The summed E-state index contributed by atoms with van der Waals surface area (Å²) in [5.41, 5.74) is 7.32. The Balaban J connectivity index is 2.79. The normalized spacial score (nSPS) is 12.2. The molecule has 0 saturated carbocycles. The Morgan fingerprint density at radius 2 is 1.94 bits per heavy atom. The molecule has 4 nitrogen and oxygen atoms in total. The highest BCUT2D eigenvalue weighted by atomic mass is 32.2. The fourth-order valence-electron chi connectivity index (χ4n) is 1.73. The largest absolute Gasteiger partial charge is 0.398 e. The molecule has 0 aromatic heterocycles. The minimum atomic E-state index is -1.37. The Morgan fingerprint density at radius 1 is 1.33 bits per heavy atom. The number of benzene rings is 1. The highest BCUT2D eigenvalue weighted by Gasteiger charge is 2.16. The lowest BCUT2D eigenvalue weighted by Crippen LogP contribution is -2.34. The molecule has 1 amide bonds. The monoisotopic (exact) mass is 268 g/mol. The van der Waals surface area contributed by atoms with Crippen molar-refractivity contribution in [3.8, 4) is 0 Å². The molecule has 1 aromatic rings. The number of nitrogen functional groups attached to an aromatic ring is 1. The first-order valence-electron chi connectivity index (χ1n) is 6.01. The maximum atomic E-state index is 12.1. The summed E-state index contributed by atoms with van der Waals surface area (Å²) in [6, 6.07) is 5.36. The van der Waals surface area contributed by atoms with Crippen molar-refractivity contribution in [2.75, 3.05) is 24.6 Å². The standard InChI is InChI=1S/C13H20N2O2S/c1-4-15(5-2)13(16)9-18(17)12-7-6-10(3)8-11(12)14/h6-8H,4-5,9,14H2,1-3H3. The number of rotatable bonds is 5. The van der Waals surface area contributed by atoms with Gasteiger partial charge in [0, 0.05) is 18.8 Å². The van der Waals surface area contributed by atoms with Gasteiger partial charge >= 0.3 is 0 Å². The van der Waals surface area contributed by atoms with Crippen LogP contribution in [0.4, 0.5) is 5.69 Å². The molecule has 100 valence electrons. The summed E-state index contributed by atoms with van der Waals surface area (Å²) in [4.78, 5) is 14.1. The van der Waals surface area contributed by atoms with Crippen LogP contribution in [0, 0.1) is 6.92 Å². The number of carbonyl (C=O) groups excluding carboxylic acids is 1. The number of nitrogens with two attached hydrogens (primary N) is 1. The van der Waals surface area contributed by atoms with Gasteiger partial charge in [0.2, 0.25) is 5.91 Å². The van der Waals surface area contributed by atoms with Gasteiger partial charge in [0.1, 0.15) is 5.75 Å². The van der Waals surface area contributed by atoms with Crippen LogP contribution in [0.1, 0.15) is 19.4 Å². The first-order chi connectivity index (χ1) is 8.49. The molecule has 0 spiro atoms. The lowest BCUT2D eigenvalue weighted by molar-refractivity contribution is -0.128. The Hall–Kier alpha value is -1.36. The summed E-state index contributed by atoms with van der Waals surface area (Å²) in [6.45, 7) is 7.01. The smallest absolute Gasteiger partial charge is 0.235 e. The maximum Gasteiger partial charge on any atom is 0.235 e. The van der Waals surface area contributed by atoms with Gasteiger partial charge in [-0.05, 0) is 38.5 Å². The molecule has 0 aliphatic carbocycles. The van der Waals surface area contributed by atoms with Gasteiger partial charge in [0.25, 0.3) is 0 Å². The van der Waals surface area contributed by atoms with E-state index in [2.05, 4.69) is 0 Å². The average molecular weight is 268 g/mol. The molecule has 0 radical (unpaired) electrons. The van der Waals surface area contributed by atoms with Gasteiger partial charge in [0.05, 0.1) is 15.7 Å². The lowest BCUT2D eigenvalue weighted by atomic mass is 10.2. The van der Waals surface area contributed by atoms with E-state index < -0.39 is 10.8 Å². The van der Waals surface area contributed by atoms with Gasteiger partial charge in [0.15, 0.2) is 0 Å². The third-order valence-corrected chi connectivity index (χ3v) is 4.15. The first kappa shape index (κ1) is 14.7. The van der Waals surface area contributed by atoms with E-state index in [1.54, 1.807) is 17.0 Å². The number of hydrogen-bond donors (Lipinski definition) is 1. The van der Waals surface area contributed by atoms with Crippen LogP contribution in [-0.2, 0) is 15.6 Å². The Bertz CT molecular complexity index is 456. The van der Waals surface area contributed by atoms with E-state index >= 15 is 0 Å². The number of amides is 1. The fourth-order valence-corrected chi connectivity index (χ4v) is 2.84. The molecule has 0 aliphatic heterocycles. The van der Waals surface area contributed by atoms with E-state index in [9.17, 15) is 9.00 Å². The van der Waals surface area contributed by atoms with Crippen molar-refractivity contribution in [3.63, 3.8) is 0 Å². The molecule has 0 bridgehead atoms. The van der Waals surface area contributed by atoms with Crippen LogP contribution in [0.5, 0.6) is 0 Å². The molecule has 0 heterocycles. The summed E-state index contributed by atoms with van der Waals surface area (Å²) in [7, 11) is -1.37. The van der Waals surface area contributed by atoms with Gasteiger partial charge in [-0.3, -0.25) is 9.00 Å². The molecule has 1 aromatic carbocycles. The molecule has 1 rings (SSSR count). The van der Waals surface area contributed by atoms with Crippen LogP contribution in [0.2, 0.25) is 0 Å². The van der Waals surface area contributed by atoms with E-state index in [-0.39, 0.29) is 11.7 Å². The molecular weight excluding hydrogens is 248 g/mol. The molecule has 1 atom stereocenters. The SMILES string of the molecule is CCN(CC)C(=O)CS(=O)c1ccc(C)cc1N. The molecule has 18 heavy (non-hydrogen) atoms. The predicted molar refractivity (Wildman–Crippen MR) is 74.8 cm³/mol. The van der Waals surface area contributed by atoms with Crippen LogP contribution in [0.3, 0.4) is 0 Å². The second kappa shape index (κ2) is 6.54. The van der Waals surface area contributed by atoms with Crippen LogP contribution in [0.25, 0.3) is 0 Å². The fraction of sp³-hybridized carbons (Fsp3) is 0.462. The van der Waals surface area contributed by atoms with E-state index in [4.69, 9.17) is 5.73 Å². The number of carbonyl (C=O) groups is 1. The molecular formula is C13H20N2O2S. The van der Waals surface area contributed by atoms with Gasteiger partial charge in [-0.2, -0.15) is 0 Å². The van der Waals surface area contributed by atoms with Crippen molar-refractivity contribution >= 4 is 22.4 Å². The van der Waals surface area contributed by atoms with Crippen molar-refractivity contribution in [1.82, 2.24) is 4.90 Å². The first-order valence-corrected chi connectivity index (χ1v) is 7.33. The van der Waals surface area contributed by atoms with Crippen molar-refractivity contribution in [1.29, 1.82) is 0 Å². The number of anilines is 1. The van der Waals surface area contributed by atoms with Crippen molar-refractivity contribution < 1.29 is 9.00 Å². The zero-order valence-corrected chi connectivity index (χ0v) is 11.9. The van der Waals surface area contributed by atoms with E-state index in [0.29, 0.717) is 23.7 Å². The van der Waals surface area contributed by atoms with Crippen molar-refractivity contribution in [3.05, 3.63) is 23.8 Å². The van der Waals surface area contributed by atoms with Gasteiger partial charge in [-0.25, -0.2) is 0 Å². The summed E-state index contributed by atoms with van der Waals surface area (Å²) in [6.07, 6.45) is 0. The summed E-state index contributed by atoms with van der Waals surface area (Å²) < 4.78 is 12.1. The lowest BCUT2D eigenvalue weighted by Gasteiger charge is -2.18. The minimum absolute atomic E-state index is 0.00502. The average Bonchev–Trinajstić information content (AvgIpc) is 2.30. The topological polar surface area (TPSA) is 63.4 Å². The number of aryl methyl sites for hydroxylation is 1. The zero-order chi connectivity index (χ0) is 13.7. The van der Waals surface area contributed by atoms with Crippen LogP contribution in [0.15, 0.2) is 23.1 Å². The van der Waals surface area contributed by atoms with Crippen LogP contribution < -0.4 is 5.73 Å². The highest BCUT2D eigenvalue weighted by molar-refractivity contribution is 7.86. The summed E-state index contributed by atoms with van der Waals surface area (Å²) >= 11 is 0. The second-order valence-corrected chi connectivity index (χ2v) is 5.52. The predicted octanol–water partition coefficient (Wildman–Crippen LogP) is 1.55. The Kier molecular flexibility index (Phi) is 5.34. The van der Waals surface area contributed by atoms with E-state index in [0.717, 1.165) is 5.56 Å². The van der Waals surface area contributed by atoms with Crippen molar-refractivity contribution in [2.45, 2.75) is 25.7 Å².